The first-order valence-electron chi connectivity index (χ1n) is 6.99. The van der Waals surface area contributed by atoms with Gasteiger partial charge in [-0.15, -0.1) is 0 Å². The summed E-state index contributed by atoms with van der Waals surface area (Å²) in [7, 11) is 0. The van der Waals surface area contributed by atoms with Crippen LogP contribution in [0, 0.1) is 17.8 Å². The predicted octanol–water partition coefficient (Wildman–Crippen LogP) is 4.11. The van der Waals surface area contributed by atoms with E-state index in [1.54, 1.807) is 18.2 Å². The van der Waals surface area contributed by atoms with Crippen molar-refractivity contribution >= 4 is 23.6 Å². The van der Waals surface area contributed by atoms with Crippen LogP contribution in [0.25, 0.3) is 6.08 Å². The van der Waals surface area contributed by atoms with Gasteiger partial charge in [0.2, 0.25) is 0 Å². The molecular formula is C17H17ClO2. The highest BCUT2D eigenvalue weighted by atomic mass is 35.5. The van der Waals surface area contributed by atoms with Crippen molar-refractivity contribution in [3.63, 3.8) is 0 Å². The first-order valence-corrected chi connectivity index (χ1v) is 7.37. The van der Waals surface area contributed by atoms with Crippen LogP contribution in [0.1, 0.15) is 18.4 Å². The van der Waals surface area contributed by atoms with Crippen LogP contribution in [-0.2, 0) is 9.53 Å². The summed E-state index contributed by atoms with van der Waals surface area (Å²) in [5.74, 6) is 1.57. The number of carbonyl (C=O) groups excluding carboxylic acids is 1. The third-order valence-corrected chi connectivity index (χ3v) is 4.39. The van der Waals surface area contributed by atoms with E-state index >= 15 is 0 Å². The zero-order valence-corrected chi connectivity index (χ0v) is 11.9. The van der Waals surface area contributed by atoms with E-state index in [0.29, 0.717) is 29.4 Å². The third-order valence-electron chi connectivity index (χ3n) is 4.14. The van der Waals surface area contributed by atoms with Gasteiger partial charge in [-0.1, -0.05) is 35.9 Å². The van der Waals surface area contributed by atoms with Gasteiger partial charge in [0.15, 0.2) is 0 Å². The molecule has 0 amide bonds. The minimum absolute atomic E-state index is 0.272. The van der Waals surface area contributed by atoms with E-state index in [2.05, 4.69) is 12.2 Å². The van der Waals surface area contributed by atoms with Crippen molar-refractivity contribution in [2.45, 2.75) is 12.8 Å². The van der Waals surface area contributed by atoms with Crippen LogP contribution >= 0.6 is 11.6 Å². The Kier molecular flexibility index (Phi) is 3.93. The van der Waals surface area contributed by atoms with E-state index in [0.717, 1.165) is 12.0 Å². The number of hydrogen-bond acceptors (Lipinski definition) is 2. The van der Waals surface area contributed by atoms with Crippen molar-refractivity contribution in [2.24, 2.45) is 17.8 Å². The minimum atomic E-state index is -0.272. The van der Waals surface area contributed by atoms with Crippen LogP contribution in [0.5, 0.6) is 0 Å². The van der Waals surface area contributed by atoms with E-state index in [1.807, 2.05) is 12.1 Å². The zero-order chi connectivity index (χ0) is 13.9. The molecule has 0 spiro atoms. The Bertz CT molecular complexity index is 545. The second kappa shape index (κ2) is 5.84. The Labute approximate surface area is 124 Å². The molecule has 0 heterocycles. The maximum atomic E-state index is 11.7. The molecule has 1 fully saturated rings. The van der Waals surface area contributed by atoms with Gasteiger partial charge in [-0.3, -0.25) is 0 Å². The molecule has 0 N–H and O–H groups in total. The largest absolute Gasteiger partial charge is 0.462 e. The number of rotatable bonds is 4. The molecular weight excluding hydrogens is 272 g/mol. The van der Waals surface area contributed by atoms with Crippen molar-refractivity contribution in [1.82, 2.24) is 0 Å². The van der Waals surface area contributed by atoms with E-state index < -0.39 is 0 Å². The third kappa shape index (κ3) is 3.13. The van der Waals surface area contributed by atoms with E-state index in [4.69, 9.17) is 16.3 Å². The smallest absolute Gasteiger partial charge is 0.330 e. The Morgan fingerprint density at radius 3 is 2.70 bits per heavy atom. The molecule has 2 aliphatic rings. The Balaban J connectivity index is 1.47. The number of fused-ring (bicyclic) bond motifs is 2. The van der Waals surface area contributed by atoms with Gasteiger partial charge in [-0.05, 0) is 54.4 Å². The number of ether oxygens (including phenoxy) is 1. The second-order valence-electron chi connectivity index (χ2n) is 5.56. The number of allylic oxidation sites excluding steroid dienone is 2. The minimum Gasteiger partial charge on any atom is -0.462 e. The summed E-state index contributed by atoms with van der Waals surface area (Å²) in [6.45, 7) is 0.537. The van der Waals surface area contributed by atoms with Crippen LogP contribution in [0.4, 0.5) is 0 Å². The Morgan fingerprint density at radius 1 is 1.25 bits per heavy atom. The van der Waals surface area contributed by atoms with Crippen LogP contribution in [0.2, 0.25) is 5.02 Å². The molecule has 1 saturated carbocycles. The lowest BCUT2D eigenvalue weighted by atomic mass is 9.95. The Hall–Kier alpha value is -1.54. The standard InChI is InChI=1S/C17H17ClO2/c18-16-6-2-12(3-7-16)4-8-17(19)20-11-15-10-13-1-5-14(15)9-13/h1-8,13-15H,9-11H2/b8-4+. The van der Waals surface area contributed by atoms with E-state index in [-0.39, 0.29) is 5.97 Å². The number of benzene rings is 1. The summed E-state index contributed by atoms with van der Waals surface area (Å²) in [5, 5.41) is 0.689. The second-order valence-corrected chi connectivity index (χ2v) is 5.99. The molecule has 20 heavy (non-hydrogen) atoms. The normalized spacial score (nSPS) is 27.4. The van der Waals surface area contributed by atoms with Gasteiger partial charge < -0.3 is 4.74 Å². The van der Waals surface area contributed by atoms with Gasteiger partial charge in [0.05, 0.1) is 6.61 Å². The van der Waals surface area contributed by atoms with Crippen molar-refractivity contribution in [2.75, 3.05) is 6.61 Å². The van der Waals surface area contributed by atoms with Crippen LogP contribution in [0.15, 0.2) is 42.5 Å². The van der Waals surface area contributed by atoms with Gasteiger partial charge in [0, 0.05) is 11.1 Å². The monoisotopic (exact) mass is 288 g/mol. The average Bonchev–Trinajstić information content (AvgIpc) is 3.07. The Morgan fingerprint density at radius 2 is 2.05 bits per heavy atom. The summed E-state index contributed by atoms with van der Waals surface area (Å²) in [5.41, 5.74) is 0.939. The van der Waals surface area contributed by atoms with Crippen molar-refractivity contribution in [1.29, 1.82) is 0 Å². The van der Waals surface area contributed by atoms with Gasteiger partial charge >= 0.3 is 5.97 Å². The first-order chi connectivity index (χ1) is 9.70. The average molecular weight is 289 g/mol. The summed E-state index contributed by atoms with van der Waals surface area (Å²) < 4.78 is 5.34. The topological polar surface area (TPSA) is 26.3 Å². The molecule has 1 aromatic rings. The molecule has 2 nitrogen and oxygen atoms in total. The molecule has 0 aromatic heterocycles. The molecule has 3 heteroatoms. The maximum Gasteiger partial charge on any atom is 0.330 e. The summed E-state index contributed by atoms with van der Waals surface area (Å²) in [6, 6.07) is 7.34. The number of carbonyl (C=O) groups is 1. The van der Waals surface area contributed by atoms with Gasteiger partial charge in [0.25, 0.3) is 0 Å². The van der Waals surface area contributed by atoms with E-state index in [9.17, 15) is 4.79 Å². The summed E-state index contributed by atoms with van der Waals surface area (Å²) in [6.07, 6.45) is 10.2. The van der Waals surface area contributed by atoms with Crippen molar-refractivity contribution < 1.29 is 9.53 Å². The fourth-order valence-electron chi connectivity index (χ4n) is 3.06. The number of esters is 1. The first kappa shape index (κ1) is 13.4. The molecule has 0 aliphatic heterocycles. The molecule has 0 saturated heterocycles. The maximum absolute atomic E-state index is 11.7. The molecule has 0 radical (unpaired) electrons. The van der Waals surface area contributed by atoms with Gasteiger partial charge in [-0.25, -0.2) is 4.79 Å². The van der Waals surface area contributed by atoms with Crippen molar-refractivity contribution in [3.05, 3.63) is 53.1 Å². The lowest BCUT2D eigenvalue weighted by Gasteiger charge is -2.17. The summed E-state index contributed by atoms with van der Waals surface area (Å²) >= 11 is 5.81. The molecule has 3 unspecified atom stereocenters. The van der Waals surface area contributed by atoms with E-state index in [1.165, 1.54) is 12.5 Å². The van der Waals surface area contributed by atoms with Crippen LogP contribution in [-0.4, -0.2) is 12.6 Å². The van der Waals surface area contributed by atoms with Crippen molar-refractivity contribution in [3.8, 4) is 0 Å². The molecule has 2 bridgehead atoms. The highest BCUT2D eigenvalue weighted by Gasteiger charge is 2.35. The summed E-state index contributed by atoms with van der Waals surface area (Å²) in [4.78, 5) is 11.7. The molecule has 1 aromatic carbocycles. The lowest BCUT2D eigenvalue weighted by molar-refractivity contribution is -0.139. The van der Waals surface area contributed by atoms with Gasteiger partial charge in [0.1, 0.15) is 0 Å². The zero-order valence-electron chi connectivity index (χ0n) is 11.2. The predicted molar refractivity (Wildman–Crippen MR) is 80.3 cm³/mol. The highest BCUT2D eigenvalue weighted by Crippen LogP contribution is 2.43. The highest BCUT2D eigenvalue weighted by molar-refractivity contribution is 6.30. The lowest BCUT2D eigenvalue weighted by Crippen LogP contribution is -2.16. The van der Waals surface area contributed by atoms with Crippen LogP contribution < -0.4 is 0 Å². The SMILES string of the molecule is O=C(/C=C/c1ccc(Cl)cc1)OCC1CC2C=CC1C2. The fraction of sp³-hybridized carbons (Fsp3) is 0.353. The molecule has 104 valence electrons. The van der Waals surface area contributed by atoms with Crippen LogP contribution in [0.3, 0.4) is 0 Å². The molecule has 3 rings (SSSR count). The number of hydrogen-bond donors (Lipinski definition) is 0. The molecule has 3 atom stereocenters. The number of halogens is 1. The fourth-order valence-corrected chi connectivity index (χ4v) is 3.19. The quantitative estimate of drug-likeness (QED) is 0.473. The molecule has 2 aliphatic carbocycles. The van der Waals surface area contributed by atoms with Gasteiger partial charge in [-0.2, -0.15) is 0 Å².